The first-order chi connectivity index (χ1) is 20.5. The molecule has 0 saturated carbocycles. The van der Waals surface area contributed by atoms with Crippen LogP contribution < -0.4 is 14.5 Å². The van der Waals surface area contributed by atoms with Crippen molar-refractivity contribution in [1.82, 2.24) is 19.8 Å². The van der Waals surface area contributed by atoms with Crippen molar-refractivity contribution in [1.29, 1.82) is 5.26 Å². The molecule has 4 heterocycles. The molecule has 6 rings (SSSR count). The summed E-state index contributed by atoms with van der Waals surface area (Å²) in [4.78, 5) is 31.3. The molecule has 3 aliphatic rings. The lowest BCUT2D eigenvalue weighted by Crippen LogP contribution is -2.55. The highest BCUT2D eigenvalue weighted by Crippen LogP contribution is 2.36. The van der Waals surface area contributed by atoms with E-state index in [9.17, 15) is 10.1 Å². The van der Waals surface area contributed by atoms with Crippen LogP contribution in [0.3, 0.4) is 0 Å². The molecule has 0 radical (unpaired) electrons. The van der Waals surface area contributed by atoms with Gasteiger partial charge in [-0.05, 0) is 79.0 Å². The number of hydrogen-bond donors (Lipinski definition) is 0. The van der Waals surface area contributed by atoms with Crippen molar-refractivity contribution in [3.63, 3.8) is 0 Å². The zero-order valence-electron chi connectivity index (χ0n) is 24.0. The van der Waals surface area contributed by atoms with Gasteiger partial charge in [0.1, 0.15) is 12.4 Å². The molecule has 0 spiro atoms. The Morgan fingerprint density at radius 2 is 1.98 bits per heavy atom. The van der Waals surface area contributed by atoms with Crippen molar-refractivity contribution in [2.75, 3.05) is 56.2 Å². The number of nitrogens with zero attached hydrogens (tertiary/aromatic N) is 7. The number of rotatable bonds is 7. The Kier molecular flexibility index (Phi) is 8.49. The molecule has 0 unspecified atom stereocenters. The fraction of sp³-hybridized carbons (Fsp3) is 0.438. The summed E-state index contributed by atoms with van der Waals surface area (Å²) in [7, 11) is 2.14. The van der Waals surface area contributed by atoms with Gasteiger partial charge in [-0.15, -0.1) is 0 Å². The third-order valence-electron chi connectivity index (χ3n) is 8.84. The first kappa shape index (κ1) is 28.7. The van der Waals surface area contributed by atoms with Gasteiger partial charge in [0.05, 0.1) is 30.8 Å². The molecule has 9 nitrogen and oxygen atoms in total. The minimum Gasteiger partial charge on any atom is -0.462 e. The Morgan fingerprint density at radius 3 is 2.74 bits per heavy atom. The van der Waals surface area contributed by atoms with Gasteiger partial charge < -0.3 is 24.3 Å². The van der Waals surface area contributed by atoms with Crippen LogP contribution in [0.25, 0.3) is 10.8 Å². The lowest BCUT2D eigenvalue weighted by atomic mass is 10.0. The molecule has 10 heteroatoms. The van der Waals surface area contributed by atoms with E-state index in [0.717, 1.165) is 43.0 Å². The molecule has 0 aliphatic carbocycles. The van der Waals surface area contributed by atoms with Crippen molar-refractivity contribution in [3.05, 3.63) is 63.9 Å². The monoisotopic (exact) mass is 677 g/mol. The molecule has 3 aliphatic heterocycles. The van der Waals surface area contributed by atoms with Crippen LogP contribution in [-0.4, -0.2) is 84.1 Å². The highest BCUT2D eigenvalue weighted by atomic mass is 127. The second-order valence-electron chi connectivity index (χ2n) is 11.3. The summed E-state index contributed by atoms with van der Waals surface area (Å²) >= 11 is 2.43. The van der Waals surface area contributed by atoms with Gasteiger partial charge in [0, 0.05) is 52.4 Å². The maximum absolute atomic E-state index is 12.5. The summed E-state index contributed by atoms with van der Waals surface area (Å²) in [6.07, 6.45) is 4.67. The molecule has 2 fully saturated rings. The second-order valence-corrected chi connectivity index (χ2v) is 12.5. The molecule has 1 aromatic heterocycles. The van der Waals surface area contributed by atoms with E-state index in [1.54, 1.807) is 4.90 Å². The van der Waals surface area contributed by atoms with Gasteiger partial charge in [0.2, 0.25) is 5.91 Å². The van der Waals surface area contributed by atoms with E-state index < -0.39 is 0 Å². The van der Waals surface area contributed by atoms with Crippen LogP contribution in [0.1, 0.15) is 30.5 Å². The van der Waals surface area contributed by atoms with E-state index in [1.807, 2.05) is 0 Å². The molecule has 218 valence electrons. The highest BCUT2D eigenvalue weighted by molar-refractivity contribution is 14.1. The number of likely N-dealkylation sites (tertiary alicyclic amines) is 1. The average molecular weight is 678 g/mol. The lowest BCUT2D eigenvalue weighted by Gasteiger charge is -2.42. The number of halogens is 1. The molecular weight excluding hydrogens is 641 g/mol. The van der Waals surface area contributed by atoms with E-state index >= 15 is 0 Å². The van der Waals surface area contributed by atoms with Gasteiger partial charge in [0.15, 0.2) is 0 Å². The molecule has 1 amide bonds. The van der Waals surface area contributed by atoms with Crippen molar-refractivity contribution in [2.45, 2.75) is 44.3 Å². The number of likely N-dealkylation sites (N-methyl/N-ethyl adjacent to an activating group) is 1. The van der Waals surface area contributed by atoms with Gasteiger partial charge in [-0.25, -0.2) is 0 Å². The van der Waals surface area contributed by atoms with E-state index in [1.165, 1.54) is 32.5 Å². The fourth-order valence-electron chi connectivity index (χ4n) is 6.56. The first-order valence-corrected chi connectivity index (χ1v) is 15.7. The molecule has 42 heavy (non-hydrogen) atoms. The summed E-state index contributed by atoms with van der Waals surface area (Å²) in [5.41, 5.74) is 3.32. The number of ether oxygens (including phenoxy) is 1. The zero-order valence-corrected chi connectivity index (χ0v) is 26.2. The number of piperazine rings is 1. The van der Waals surface area contributed by atoms with Crippen LogP contribution in [0.2, 0.25) is 0 Å². The molecule has 0 bridgehead atoms. The molecule has 2 atom stereocenters. The quantitative estimate of drug-likeness (QED) is 0.269. The van der Waals surface area contributed by atoms with E-state index in [4.69, 9.17) is 14.7 Å². The predicted molar refractivity (Wildman–Crippen MR) is 173 cm³/mol. The zero-order chi connectivity index (χ0) is 29.2. The number of aromatic nitrogens is 2. The smallest absolute Gasteiger partial charge is 0.318 e. The van der Waals surface area contributed by atoms with Crippen molar-refractivity contribution in [2.24, 2.45) is 0 Å². The van der Waals surface area contributed by atoms with Gasteiger partial charge in [-0.1, -0.05) is 30.8 Å². The first-order valence-electron chi connectivity index (χ1n) is 14.7. The molecule has 2 saturated heterocycles. The Morgan fingerprint density at radius 1 is 1.14 bits per heavy atom. The highest BCUT2D eigenvalue weighted by Gasteiger charge is 2.33. The SMILES string of the molecule is C=CC(=O)N1CCN(c2nc(OC[C@@H]3CCCN3C)nc3c2CCN(c2cccc4cccc(I)c24)C3)C[C@@H]1CC#N. The van der Waals surface area contributed by atoms with Gasteiger partial charge >= 0.3 is 6.01 Å². The average Bonchev–Trinajstić information content (AvgIpc) is 3.43. The van der Waals surface area contributed by atoms with Gasteiger partial charge in [-0.2, -0.15) is 15.2 Å². The number of carbonyl (C=O) groups is 1. The van der Waals surface area contributed by atoms with Crippen molar-refractivity contribution < 1.29 is 9.53 Å². The topological polar surface area (TPSA) is 88.8 Å². The fourth-order valence-corrected chi connectivity index (χ4v) is 7.35. The van der Waals surface area contributed by atoms with Crippen LogP contribution in [0.4, 0.5) is 11.5 Å². The van der Waals surface area contributed by atoms with Crippen LogP contribution in [0.15, 0.2) is 49.1 Å². The third kappa shape index (κ3) is 5.64. The second kappa shape index (κ2) is 12.4. The van der Waals surface area contributed by atoms with Crippen LogP contribution >= 0.6 is 22.6 Å². The van der Waals surface area contributed by atoms with Crippen LogP contribution in [0, 0.1) is 14.9 Å². The minimum atomic E-state index is -0.228. The maximum Gasteiger partial charge on any atom is 0.318 e. The number of amides is 1. The molecule has 2 aromatic carbocycles. The van der Waals surface area contributed by atoms with E-state index in [0.29, 0.717) is 44.8 Å². The van der Waals surface area contributed by atoms with Crippen LogP contribution in [-0.2, 0) is 17.8 Å². The maximum atomic E-state index is 12.5. The Balaban J connectivity index is 1.34. The molecule has 3 aromatic rings. The number of hydrogen-bond acceptors (Lipinski definition) is 8. The number of anilines is 2. The normalized spacial score (nSPS) is 20.8. The third-order valence-corrected chi connectivity index (χ3v) is 9.74. The predicted octanol–water partition coefficient (Wildman–Crippen LogP) is 4.39. The number of nitriles is 1. The Hall–Kier alpha value is -3.43. The summed E-state index contributed by atoms with van der Waals surface area (Å²) < 4.78 is 7.53. The minimum absolute atomic E-state index is 0.135. The number of fused-ring (bicyclic) bond motifs is 2. The Bertz CT molecular complexity index is 1530. The Labute approximate surface area is 260 Å². The van der Waals surface area contributed by atoms with Crippen molar-refractivity contribution >= 4 is 50.8 Å². The summed E-state index contributed by atoms with van der Waals surface area (Å²) in [5, 5.41) is 12.0. The van der Waals surface area contributed by atoms with Crippen LogP contribution in [0.5, 0.6) is 6.01 Å². The van der Waals surface area contributed by atoms with E-state index in [2.05, 4.69) is 93.4 Å². The largest absolute Gasteiger partial charge is 0.462 e. The van der Waals surface area contributed by atoms with E-state index in [-0.39, 0.29) is 18.4 Å². The lowest BCUT2D eigenvalue weighted by molar-refractivity contribution is -0.128. The summed E-state index contributed by atoms with van der Waals surface area (Å²) in [6, 6.07) is 15.7. The summed E-state index contributed by atoms with van der Waals surface area (Å²) in [5.74, 6) is 0.736. The van der Waals surface area contributed by atoms with Gasteiger partial charge in [-0.3, -0.25) is 4.79 Å². The standard InChI is InChI=1S/C32H36IN7O2/c1-3-29(41)40-18-17-39(19-23(40)12-14-34)31-25-13-16-38(28-11-5-8-22-7-4-10-26(33)30(22)28)20-27(25)35-32(36-31)42-21-24-9-6-15-37(24)2/h3-5,7-8,10-11,23-24H,1,6,9,12-13,15-21H2,2H3/t23-,24-/m0/s1. The van der Waals surface area contributed by atoms with Gasteiger partial charge in [0.25, 0.3) is 0 Å². The molecule has 0 N–H and O–H groups in total. The number of carbonyl (C=O) groups excluding carboxylic acids is 1. The number of benzene rings is 2. The molecular formula is C32H36IN7O2. The van der Waals surface area contributed by atoms with Crippen molar-refractivity contribution in [3.8, 4) is 12.1 Å². The summed E-state index contributed by atoms with van der Waals surface area (Å²) in [6.45, 7) is 8.47.